The molecular formula is C127H104BClN2Na2O9P4Pd. The van der Waals surface area contributed by atoms with E-state index in [0.717, 1.165) is 110 Å². The van der Waals surface area contributed by atoms with Crippen LogP contribution < -0.4 is 133 Å². The molecule has 20 heteroatoms. The number of nitrogens with zero attached hydrogens (tertiary/aromatic N) is 2. The van der Waals surface area contributed by atoms with Crippen molar-refractivity contribution in [3.63, 3.8) is 0 Å². The Morgan fingerprint density at radius 1 is 0.286 bits per heavy atom. The van der Waals surface area contributed by atoms with E-state index in [1.165, 1.54) is 69.2 Å². The Morgan fingerprint density at radius 2 is 0.531 bits per heavy atom. The number of carbonyl (C=O) groups is 1. The Morgan fingerprint density at radius 3 is 0.810 bits per heavy atom. The summed E-state index contributed by atoms with van der Waals surface area (Å²) in [7, 11) is -2.25. The van der Waals surface area contributed by atoms with Crippen LogP contribution in [0.25, 0.3) is 99.0 Å². The van der Waals surface area contributed by atoms with Crippen molar-refractivity contribution >= 4 is 214 Å². The third kappa shape index (κ3) is 26.8. The maximum Gasteiger partial charge on any atom is 1.00 e. The van der Waals surface area contributed by atoms with Crippen LogP contribution in [-0.4, -0.2) is 34.8 Å². The second kappa shape index (κ2) is 52.9. The summed E-state index contributed by atoms with van der Waals surface area (Å²) in [6.45, 7) is 12.1. The van der Waals surface area contributed by atoms with Gasteiger partial charge >= 0.3 is 66.2 Å². The molecule has 1 fully saturated rings. The Kier molecular flexibility index (Phi) is 39.2. The predicted molar refractivity (Wildman–Crippen MR) is 609 cm³/mol. The summed E-state index contributed by atoms with van der Waals surface area (Å²) in [5.74, 6) is 0. The minimum absolute atomic E-state index is 0. The van der Waals surface area contributed by atoms with E-state index >= 15 is 0 Å². The van der Waals surface area contributed by atoms with Gasteiger partial charge in [0.05, 0.1) is 16.9 Å². The molecule has 7 heterocycles. The molecule has 0 bridgehead atoms. The molecule has 1 saturated heterocycles. The number of fused-ring (bicyclic) bond motifs is 12. The van der Waals surface area contributed by atoms with Crippen LogP contribution in [-0.2, 0) is 39.4 Å². The fourth-order valence-corrected chi connectivity index (χ4v) is 26.8. The standard InChI is InChI=1S/C24H21BO4.C24H15NO2.4C18H15P.C6H6ClN.CH2O3.2Na.Pd.H/c1-23(2)24(3,4)29-25(28-23)18-10-7-9-15-17-12-16-14-8-5-6-11-19(14)26-20(16)13-21(17)27-22(15)18;1-14-9-10-25-20(11-14)17-7-4-6-16-19-12-18-15-5-2-3-8-21(15)26-22(18)13-23(19)27-24(16)17;4*1-4-10-16(11-5-1)19(17-12-6-2-7-13-17)18-14-8-3-9-15-18;1-5-2-3-8-6(7)4-5;2-1-4-3;;;;/h5-13H,1-4H3;2-13H,1H3;4*1-15H;2-4H,1H3;1,3H;;;;/q;;;;;;;;2*+1;;-1/p-1. The van der Waals surface area contributed by atoms with E-state index in [1.54, 1.807) is 6.20 Å². The molecule has 0 aliphatic carbocycles. The topological polar surface area (TPSA) is 146 Å². The second-order valence-electron chi connectivity index (χ2n) is 35.0. The predicted octanol–water partition coefficient (Wildman–Crippen LogP) is 21.0. The van der Waals surface area contributed by atoms with Crippen molar-refractivity contribution in [2.45, 2.75) is 52.7 Å². The SMILES string of the molecule is CC1(C)OB(c2cccc3c2oc2cc4oc5ccccc5c4cc23)OC1(C)C.Cc1ccnc(-c2cccc3c2oc2cc4oc5ccccc5c4cc23)c1.Cc1ccnc(Cl)c1.O=CO[O-].[H-].[Na+].[Na+].[Pd].c1ccc(P(c2ccccc2)c2ccccc2)cc1.c1ccc(P(c2ccccc2)c2ccccc2)cc1.c1ccc(P(c2ccccc2)c2ccccc2)cc1.c1ccc(P(c2ccccc2)c2ccccc2)cc1. The van der Waals surface area contributed by atoms with Crippen LogP contribution in [0.4, 0.5) is 0 Å². The summed E-state index contributed by atoms with van der Waals surface area (Å²) in [4.78, 5) is 19.6. The number of halogens is 1. The first-order valence-electron chi connectivity index (χ1n) is 47.6. The molecule has 0 radical (unpaired) electrons. The van der Waals surface area contributed by atoms with Crippen LogP contribution in [0.1, 0.15) is 40.2 Å². The van der Waals surface area contributed by atoms with Crippen molar-refractivity contribution in [3.8, 4) is 11.3 Å². The summed E-state index contributed by atoms with van der Waals surface area (Å²) in [5.41, 5.74) is 11.1. The number of furan rings is 4. The number of hydrogen-bond donors (Lipinski definition) is 0. The molecule has 718 valence electrons. The van der Waals surface area contributed by atoms with E-state index < -0.39 is 50.0 Å². The molecule has 24 aromatic rings. The Balaban J connectivity index is 0.000000137. The molecule has 147 heavy (non-hydrogen) atoms. The molecule has 1 aliphatic heterocycles. The Labute approximate surface area is 927 Å². The minimum Gasteiger partial charge on any atom is -1.00 e. The van der Waals surface area contributed by atoms with E-state index in [2.05, 4.69) is 468 Å². The van der Waals surface area contributed by atoms with Gasteiger partial charge in [-0.1, -0.05) is 442 Å². The van der Waals surface area contributed by atoms with Gasteiger partial charge in [0.15, 0.2) is 0 Å². The van der Waals surface area contributed by atoms with E-state index in [1.807, 2.05) is 92.0 Å². The number of aromatic nitrogens is 2. The molecule has 0 N–H and O–H groups in total. The molecule has 0 spiro atoms. The van der Waals surface area contributed by atoms with E-state index in [-0.39, 0.29) is 87.4 Å². The number of pyridine rings is 2. The molecule has 0 unspecified atom stereocenters. The van der Waals surface area contributed by atoms with Crippen molar-refractivity contribution < 1.29 is 123 Å². The van der Waals surface area contributed by atoms with E-state index in [0.29, 0.717) is 5.15 Å². The van der Waals surface area contributed by atoms with Gasteiger partial charge in [0.25, 0.3) is 6.47 Å². The van der Waals surface area contributed by atoms with Crippen molar-refractivity contribution in [1.82, 2.24) is 9.97 Å². The molecule has 1 aliphatic rings. The van der Waals surface area contributed by atoms with Crippen molar-refractivity contribution in [3.05, 3.63) is 526 Å². The summed E-state index contributed by atoms with van der Waals surface area (Å²) in [5, 5.41) is 34.5. The number of benzene rings is 18. The average molecular weight is 2120 g/mol. The smallest absolute Gasteiger partial charge is 1.00 e. The zero-order valence-corrected chi connectivity index (χ0v) is 92.6. The van der Waals surface area contributed by atoms with E-state index in [4.69, 9.17) is 48.6 Å². The number of aryl methyl sites for hydroxylation is 2. The molecule has 11 nitrogen and oxygen atoms in total. The normalized spacial score (nSPS) is 12.0. The monoisotopic (exact) mass is 2120 g/mol. The molecule has 6 aromatic heterocycles. The molecular weight excluding hydrogens is 2020 g/mol. The zero-order valence-electron chi connectivity index (χ0n) is 83.7. The second-order valence-corrected chi connectivity index (χ2v) is 44.3. The number of rotatable bonds is 15. The van der Waals surface area contributed by atoms with E-state index in [9.17, 15) is 0 Å². The molecule has 25 rings (SSSR count). The zero-order chi connectivity index (χ0) is 99.0. The van der Waals surface area contributed by atoms with Crippen LogP contribution in [0.2, 0.25) is 5.15 Å². The maximum atomic E-state index is 8.64. The first-order chi connectivity index (χ1) is 70.6. The van der Waals surface area contributed by atoms with Crippen LogP contribution >= 0.6 is 43.3 Å². The third-order valence-electron chi connectivity index (χ3n) is 24.8. The summed E-state index contributed by atoms with van der Waals surface area (Å²) in [6.07, 6.45) is 3.53. The van der Waals surface area contributed by atoms with Gasteiger partial charge in [-0.3, -0.25) is 9.78 Å². The van der Waals surface area contributed by atoms with Crippen molar-refractivity contribution in [2.75, 3.05) is 0 Å². The van der Waals surface area contributed by atoms with Crippen LogP contribution in [0.3, 0.4) is 0 Å². The van der Waals surface area contributed by atoms with Gasteiger partial charge in [0, 0.05) is 99.1 Å². The van der Waals surface area contributed by atoms with Gasteiger partial charge in [-0.15, -0.1) is 0 Å². The number of para-hydroxylation sites is 4. The molecule has 0 amide bonds. The minimum atomic E-state index is -0.465. The van der Waals surface area contributed by atoms with Gasteiger partial charge in [-0.25, -0.2) is 4.98 Å². The van der Waals surface area contributed by atoms with Gasteiger partial charge in [-0.2, -0.15) is 0 Å². The first kappa shape index (κ1) is 109. The van der Waals surface area contributed by atoms with Gasteiger partial charge < -0.3 is 38.5 Å². The van der Waals surface area contributed by atoms with Gasteiger partial charge in [0.2, 0.25) is 0 Å². The summed E-state index contributed by atoms with van der Waals surface area (Å²) in [6, 6.07) is 174. The maximum absolute atomic E-state index is 8.64. The fourth-order valence-electron chi connectivity index (χ4n) is 17.3. The number of hydrogen-bond acceptors (Lipinski definition) is 11. The third-order valence-corrected chi connectivity index (χ3v) is 34.8. The average Bonchev–Trinajstić information content (AvgIpc) is 1.59. The Hall–Kier alpha value is -12.5. The molecule has 0 atom stereocenters. The van der Waals surface area contributed by atoms with Crippen LogP contribution in [0, 0.1) is 13.8 Å². The number of carbonyl (C=O) groups excluding carboxylic acids is 1. The van der Waals surface area contributed by atoms with Gasteiger partial charge in [-0.05, 0) is 203 Å². The van der Waals surface area contributed by atoms with Crippen molar-refractivity contribution in [1.29, 1.82) is 0 Å². The Bertz CT molecular complexity index is 7410. The van der Waals surface area contributed by atoms with Crippen LogP contribution in [0.15, 0.2) is 528 Å². The van der Waals surface area contributed by atoms with Crippen molar-refractivity contribution in [2.24, 2.45) is 0 Å². The summed E-state index contributed by atoms with van der Waals surface area (Å²) >= 11 is 5.53. The first-order valence-corrected chi connectivity index (χ1v) is 53.3. The molecule has 0 saturated carbocycles. The van der Waals surface area contributed by atoms with Crippen LogP contribution in [0.5, 0.6) is 0 Å². The fraction of sp³-hybridized carbons (Fsp3) is 0.0630. The largest absolute Gasteiger partial charge is 1.00 e. The summed E-state index contributed by atoms with van der Waals surface area (Å²) < 4.78 is 37.2. The quantitative estimate of drug-likeness (QED) is 0.0241. The molecule has 18 aromatic carbocycles. The van der Waals surface area contributed by atoms with Gasteiger partial charge in [0.1, 0.15) is 49.8 Å².